The van der Waals surface area contributed by atoms with E-state index in [1.165, 1.54) is 0 Å². The van der Waals surface area contributed by atoms with Gasteiger partial charge in [-0.1, -0.05) is 42.5 Å². The van der Waals surface area contributed by atoms with Crippen molar-refractivity contribution < 1.29 is 4.79 Å². The summed E-state index contributed by atoms with van der Waals surface area (Å²) in [7, 11) is 0. The second-order valence-electron chi connectivity index (χ2n) is 7.43. The zero-order valence-electron chi connectivity index (χ0n) is 14.5. The highest BCUT2D eigenvalue weighted by Gasteiger charge is 2.36. The normalized spacial score (nSPS) is 21.5. The summed E-state index contributed by atoms with van der Waals surface area (Å²) in [5, 5.41) is 2.10. The van der Waals surface area contributed by atoms with Crippen LogP contribution in [0.4, 0.5) is 0 Å². The first-order chi connectivity index (χ1) is 12.7. The minimum atomic E-state index is 0.0750. The van der Waals surface area contributed by atoms with Gasteiger partial charge in [0.25, 0.3) is 11.5 Å². The van der Waals surface area contributed by atoms with E-state index in [0.717, 1.165) is 35.0 Å². The molecule has 2 unspecified atom stereocenters. The maximum absolute atomic E-state index is 13.3. The third-order valence-electron chi connectivity index (χ3n) is 5.79. The molecule has 130 valence electrons. The van der Waals surface area contributed by atoms with Crippen LogP contribution in [-0.4, -0.2) is 28.5 Å². The molecule has 1 amide bonds. The van der Waals surface area contributed by atoms with Crippen LogP contribution in [0, 0.1) is 5.92 Å². The fourth-order valence-electron chi connectivity index (χ4n) is 4.64. The van der Waals surface area contributed by atoms with Gasteiger partial charge in [-0.3, -0.25) is 9.59 Å². The summed E-state index contributed by atoms with van der Waals surface area (Å²) in [4.78, 5) is 27.4. The fraction of sp³-hybridized carbons (Fsp3) is 0.273. The molecule has 0 aliphatic carbocycles. The average molecular weight is 344 g/mol. The minimum absolute atomic E-state index is 0.0750. The number of carbonyl (C=O) groups excluding carboxylic acids is 1. The van der Waals surface area contributed by atoms with E-state index in [2.05, 4.69) is 0 Å². The van der Waals surface area contributed by atoms with Gasteiger partial charge < -0.3 is 9.47 Å². The third-order valence-corrected chi connectivity index (χ3v) is 5.79. The SMILES string of the molecule is O=C(c1cccc2ccccc12)N1CC2CC(C1)c1cccc(=O)n1C2. The van der Waals surface area contributed by atoms with E-state index in [9.17, 15) is 9.59 Å². The highest BCUT2D eigenvalue weighted by atomic mass is 16.2. The van der Waals surface area contributed by atoms with Crippen LogP contribution in [0.5, 0.6) is 0 Å². The Hall–Kier alpha value is -2.88. The van der Waals surface area contributed by atoms with Crippen molar-refractivity contribution in [2.75, 3.05) is 13.1 Å². The van der Waals surface area contributed by atoms with Gasteiger partial charge in [0, 0.05) is 42.9 Å². The van der Waals surface area contributed by atoms with Gasteiger partial charge in [0.2, 0.25) is 0 Å². The predicted octanol–water partition coefficient (Wildman–Crippen LogP) is 3.26. The molecule has 1 fully saturated rings. The highest BCUT2D eigenvalue weighted by molar-refractivity contribution is 6.07. The lowest BCUT2D eigenvalue weighted by atomic mass is 9.83. The molecule has 2 aliphatic heterocycles. The Kier molecular flexibility index (Phi) is 3.45. The zero-order chi connectivity index (χ0) is 17.7. The van der Waals surface area contributed by atoms with E-state index in [0.29, 0.717) is 19.0 Å². The Labute approximate surface area is 151 Å². The molecule has 26 heavy (non-hydrogen) atoms. The van der Waals surface area contributed by atoms with Gasteiger partial charge in [0.15, 0.2) is 0 Å². The first kappa shape index (κ1) is 15.4. The lowest BCUT2D eigenvalue weighted by Gasteiger charge is -2.42. The second kappa shape index (κ2) is 5.84. The number of carbonyl (C=O) groups is 1. The molecule has 2 atom stereocenters. The molecule has 1 aromatic heterocycles. The first-order valence-corrected chi connectivity index (χ1v) is 9.17. The number of piperidine rings is 1. The summed E-state index contributed by atoms with van der Waals surface area (Å²) in [6, 6.07) is 19.4. The first-order valence-electron chi connectivity index (χ1n) is 9.17. The Morgan fingerprint density at radius 3 is 2.62 bits per heavy atom. The molecule has 2 aliphatic rings. The van der Waals surface area contributed by atoms with Crippen LogP contribution in [0.25, 0.3) is 10.8 Å². The lowest BCUT2D eigenvalue weighted by molar-refractivity contribution is 0.0596. The number of likely N-dealkylation sites (tertiary alicyclic amines) is 1. The van der Waals surface area contributed by atoms with Crippen LogP contribution in [0.2, 0.25) is 0 Å². The van der Waals surface area contributed by atoms with E-state index in [1.54, 1.807) is 6.07 Å². The fourth-order valence-corrected chi connectivity index (χ4v) is 4.64. The molecule has 0 N–H and O–H groups in total. The summed E-state index contributed by atoms with van der Waals surface area (Å²) < 4.78 is 1.90. The van der Waals surface area contributed by atoms with Crippen LogP contribution < -0.4 is 5.56 Å². The molecule has 3 heterocycles. The van der Waals surface area contributed by atoms with Gasteiger partial charge >= 0.3 is 0 Å². The van der Waals surface area contributed by atoms with Crippen molar-refractivity contribution in [2.24, 2.45) is 5.92 Å². The van der Waals surface area contributed by atoms with E-state index < -0.39 is 0 Å². The number of pyridine rings is 1. The molecule has 0 radical (unpaired) electrons. The van der Waals surface area contributed by atoms with Crippen molar-refractivity contribution in [3.05, 3.63) is 82.3 Å². The zero-order valence-corrected chi connectivity index (χ0v) is 14.5. The molecule has 0 saturated carbocycles. The summed E-state index contributed by atoms with van der Waals surface area (Å²) in [6.45, 7) is 2.12. The number of amides is 1. The Morgan fingerprint density at radius 1 is 0.885 bits per heavy atom. The summed E-state index contributed by atoms with van der Waals surface area (Å²) in [6.07, 6.45) is 1.06. The molecular formula is C22H20N2O2. The Bertz CT molecular complexity index is 1060. The summed E-state index contributed by atoms with van der Waals surface area (Å²) in [5.74, 6) is 0.693. The highest BCUT2D eigenvalue weighted by Crippen LogP contribution is 2.35. The smallest absolute Gasteiger partial charge is 0.254 e. The number of rotatable bonds is 1. The van der Waals surface area contributed by atoms with Crippen LogP contribution in [-0.2, 0) is 6.54 Å². The number of hydrogen-bond acceptors (Lipinski definition) is 2. The molecule has 1 saturated heterocycles. The van der Waals surface area contributed by atoms with Crippen molar-refractivity contribution in [2.45, 2.75) is 18.9 Å². The van der Waals surface area contributed by atoms with E-state index >= 15 is 0 Å². The number of hydrogen-bond donors (Lipinski definition) is 0. The van der Waals surface area contributed by atoms with Gasteiger partial charge in [0.05, 0.1) is 0 Å². The van der Waals surface area contributed by atoms with Crippen LogP contribution >= 0.6 is 0 Å². The maximum Gasteiger partial charge on any atom is 0.254 e. The van der Waals surface area contributed by atoms with E-state index in [1.807, 2.05) is 64.1 Å². The van der Waals surface area contributed by atoms with Gasteiger partial charge in [-0.25, -0.2) is 0 Å². The average Bonchev–Trinajstić information content (AvgIpc) is 2.68. The van der Waals surface area contributed by atoms with Crippen LogP contribution in [0.3, 0.4) is 0 Å². The maximum atomic E-state index is 13.3. The van der Waals surface area contributed by atoms with Gasteiger partial charge in [-0.2, -0.15) is 0 Å². The predicted molar refractivity (Wildman–Crippen MR) is 101 cm³/mol. The molecule has 3 aromatic rings. The van der Waals surface area contributed by atoms with Crippen molar-refractivity contribution in [1.29, 1.82) is 0 Å². The van der Waals surface area contributed by atoms with E-state index in [-0.39, 0.29) is 17.4 Å². The Morgan fingerprint density at radius 2 is 1.69 bits per heavy atom. The standard InChI is InChI=1S/C22H20N2O2/c25-21-10-4-9-20-17-11-15(13-24(20)21)12-23(14-17)22(26)19-8-3-6-16-5-1-2-7-18(16)19/h1-10,15,17H,11-14H2. The van der Waals surface area contributed by atoms with Crippen molar-refractivity contribution in [1.82, 2.24) is 9.47 Å². The number of aromatic nitrogens is 1. The van der Waals surface area contributed by atoms with E-state index in [4.69, 9.17) is 0 Å². The number of fused-ring (bicyclic) bond motifs is 5. The third kappa shape index (κ3) is 2.37. The van der Waals surface area contributed by atoms with Crippen LogP contribution in [0.1, 0.15) is 28.4 Å². The Balaban J connectivity index is 1.51. The number of benzene rings is 2. The minimum Gasteiger partial charge on any atom is -0.338 e. The molecule has 2 aromatic carbocycles. The second-order valence-corrected chi connectivity index (χ2v) is 7.43. The molecule has 4 heteroatoms. The molecule has 0 spiro atoms. The largest absolute Gasteiger partial charge is 0.338 e. The molecule has 2 bridgehead atoms. The molecule has 5 rings (SSSR count). The van der Waals surface area contributed by atoms with Crippen LogP contribution in [0.15, 0.2) is 65.5 Å². The van der Waals surface area contributed by atoms with Gasteiger partial charge in [-0.05, 0) is 35.2 Å². The summed E-state index contributed by atoms with van der Waals surface area (Å²) >= 11 is 0. The van der Waals surface area contributed by atoms with Gasteiger partial charge in [-0.15, -0.1) is 0 Å². The van der Waals surface area contributed by atoms with Crippen molar-refractivity contribution in [3.63, 3.8) is 0 Å². The topological polar surface area (TPSA) is 42.3 Å². The van der Waals surface area contributed by atoms with Crippen molar-refractivity contribution in [3.8, 4) is 0 Å². The molecule has 4 nitrogen and oxygen atoms in total. The van der Waals surface area contributed by atoms with Gasteiger partial charge in [0.1, 0.15) is 0 Å². The molecular weight excluding hydrogens is 324 g/mol. The van der Waals surface area contributed by atoms with Crippen molar-refractivity contribution >= 4 is 16.7 Å². The lowest BCUT2D eigenvalue weighted by Crippen LogP contribution is -2.49. The monoisotopic (exact) mass is 344 g/mol. The number of nitrogens with zero attached hydrogens (tertiary/aromatic N) is 2. The summed E-state index contributed by atoms with van der Waals surface area (Å²) in [5.41, 5.74) is 1.92. The quantitative estimate of drug-likeness (QED) is 0.680.